The van der Waals surface area contributed by atoms with Crippen LogP contribution in [0.5, 0.6) is 0 Å². The van der Waals surface area contributed by atoms with Crippen molar-refractivity contribution in [2.24, 2.45) is 5.73 Å². The van der Waals surface area contributed by atoms with E-state index in [2.05, 4.69) is 5.32 Å². The quantitative estimate of drug-likeness (QED) is 0.408. The molecule has 40 valence electrons. The highest BCUT2D eigenvalue weighted by molar-refractivity contribution is 5.82. The molecule has 0 spiro atoms. The molecule has 0 aromatic carbocycles. The number of nitrogens with one attached hydrogen (secondary N) is 1. The molecule has 3 nitrogen and oxygen atoms in total. The summed E-state index contributed by atoms with van der Waals surface area (Å²) < 4.78 is 0. The van der Waals surface area contributed by atoms with Crippen molar-refractivity contribution in [3.63, 3.8) is 0 Å². The van der Waals surface area contributed by atoms with Gasteiger partial charge in [0, 0.05) is 19.0 Å². The highest BCUT2D eigenvalue weighted by Crippen LogP contribution is 1.99. The van der Waals surface area contributed by atoms with Gasteiger partial charge in [-0.3, -0.25) is 4.79 Å². The second-order valence-electron chi connectivity index (χ2n) is 1.70. The van der Waals surface area contributed by atoms with Gasteiger partial charge in [-0.15, -0.1) is 0 Å². The first-order valence-electron chi connectivity index (χ1n) is 2.32. The summed E-state index contributed by atoms with van der Waals surface area (Å²) in [7, 11) is 0. The van der Waals surface area contributed by atoms with Crippen LogP contribution in [0, 0.1) is 0 Å². The predicted octanol–water partition coefficient (Wildman–Crippen LogP) is -1.17. The number of carbonyl (C=O) groups is 1. The van der Waals surface area contributed by atoms with E-state index >= 15 is 0 Å². The van der Waals surface area contributed by atoms with Gasteiger partial charge in [0.2, 0.25) is 5.91 Å². The molecule has 0 radical (unpaired) electrons. The third kappa shape index (κ3) is 0.718. The average Bonchev–Trinajstić information content (AvgIpc) is 1.58. The number of hydrogen-bond acceptors (Lipinski definition) is 2. The lowest BCUT2D eigenvalue weighted by Gasteiger charge is -2.24. The van der Waals surface area contributed by atoms with Crippen LogP contribution in [0.2, 0.25) is 0 Å². The van der Waals surface area contributed by atoms with Crippen molar-refractivity contribution in [2.45, 2.75) is 12.5 Å². The fraction of sp³-hybridized carbons (Fsp3) is 0.750. The Morgan fingerprint density at radius 3 is 2.71 bits per heavy atom. The van der Waals surface area contributed by atoms with E-state index < -0.39 is 0 Å². The highest BCUT2D eigenvalue weighted by Gasteiger charge is 2.22. The Morgan fingerprint density at radius 1 is 2.00 bits per heavy atom. The summed E-state index contributed by atoms with van der Waals surface area (Å²) in [5, 5.41) is 2.63. The van der Waals surface area contributed by atoms with Gasteiger partial charge in [0.1, 0.15) is 0 Å². The molecule has 0 aliphatic carbocycles. The first-order valence-corrected chi connectivity index (χ1v) is 2.32. The Hall–Kier alpha value is -0.570. The number of nitrogens with two attached hydrogens (primary N) is 1. The van der Waals surface area contributed by atoms with Gasteiger partial charge in [-0.1, -0.05) is 0 Å². The van der Waals surface area contributed by atoms with Crippen LogP contribution in [0.1, 0.15) is 6.42 Å². The Kier molecular flexibility index (Phi) is 0.982. The Labute approximate surface area is 41.9 Å². The van der Waals surface area contributed by atoms with Crippen molar-refractivity contribution >= 4 is 5.91 Å². The molecule has 1 rings (SSSR count). The van der Waals surface area contributed by atoms with Gasteiger partial charge >= 0.3 is 0 Å². The summed E-state index contributed by atoms with van der Waals surface area (Å²) in [6.07, 6.45) is 0.622. The molecular weight excluding hydrogens is 92.1 g/mol. The van der Waals surface area contributed by atoms with Crippen LogP contribution in [0.4, 0.5) is 0 Å². The van der Waals surface area contributed by atoms with Gasteiger partial charge in [-0.25, -0.2) is 0 Å². The van der Waals surface area contributed by atoms with E-state index in [9.17, 15) is 4.79 Å². The molecule has 0 aromatic rings. The zero-order valence-electron chi connectivity index (χ0n) is 3.98. The van der Waals surface area contributed by atoms with E-state index in [-0.39, 0.29) is 11.9 Å². The van der Waals surface area contributed by atoms with Gasteiger partial charge in [-0.05, 0) is 0 Å². The van der Waals surface area contributed by atoms with Crippen molar-refractivity contribution in [2.75, 3.05) is 6.54 Å². The van der Waals surface area contributed by atoms with Gasteiger partial charge in [-0.2, -0.15) is 0 Å². The van der Waals surface area contributed by atoms with Crippen LogP contribution >= 0.6 is 0 Å². The average molecular weight is 100 g/mol. The molecule has 1 aliphatic heterocycles. The lowest BCUT2D eigenvalue weighted by molar-refractivity contribution is -0.127. The van der Waals surface area contributed by atoms with Crippen molar-refractivity contribution in [3.05, 3.63) is 0 Å². The third-order valence-electron chi connectivity index (χ3n) is 1.08. The van der Waals surface area contributed by atoms with Gasteiger partial charge in [0.05, 0.1) is 0 Å². The molecule has 0 aromatic heterocycles. The van der Waals surface area contributed by atoms with E-state index in [0.717, 1.165) is 0 Å². The molecule has 3 N–H and O–H groups in total. The summed E-state index contributed by atoms with van der Waals surface area (Å²) in [5.41, 5.74) is 5.18. The molecule has 1 aliphatic rings. The second kappa shape index (κ2) is 1.50. The van der Waals surface area contributed by atoms with E-state index in [0.29, 0.717) is 13.0 Å². The first-order chi connectivity index (χ1) is 3.33. The summed E-state index contributed by atoms with van der Waals surface area (Å²) >= 11 is 0. The van der Waals surface area contributed by atoms with Crippen LogP contribution in [-0.4, -0.2) is 18.5 Å². The van der Waals surface area contributed by atoms with E-state index in [1.807, 2.05) is 0 Å². The predicted molar refractivity (Wildman–Crippen MR) is 25.6 cm³/mol. The normalized spacial score (nSPS) is 28.7. The first kappa shape index (κ1) is 4.59. The number of carbonyl (C=O) groups excluding carboxylic acids is 1. The fourth-order valence-corrected chi connectivity index (χ4v) is 0.573. The molecule has 0 bridgehead atoms. The standard InChI is InChI=1S/C4H8N2O/c5-2-3-1-4(7)6-3/h3H,1-2,5H2,(H,6,7)/t3-/m1/s1. The maximum absolute atomic E-state index is 10.1. The van der Waals surface area contributed by atoms with Gasteiger partial charge in [0.15, 0.2) is 0 Å². The molecule has 1 atom stereocenters. The van der Waals surface area contributed by atoms with Crippen molar-refractivity contribution in [1.29, 1.82) is 0 Å². The number of rotatable bonds is 1. The minimum absolute atomic E-state index is 0.121. The summed E-state index contributed by atoms with van der Waals surface area (Å²) in [6, 6.07) is 0.271. The monoisotopic (exact) mass is 100 g/mol. The van der Waals surface area contributed by atoms with Gasteiger partial charge in [0.25, 0.3) is 0 Å². The molecule has 1 saturated heterocycles. The minimum atomic E-state index is 0.121. The van der Waals surface area contributed by atoms with E-state index in [1.54, 1.807) is 0 Å². The largest absolute Gasteiger partial charge is 0.352 e. The van der Waals surface area contributed by atoms with Crippen LogP contribution in [-0.2, 0) is 4.79 Å². The molecule has 3 heteroatoms. The Balaban J connectivity index is 2.17. The van der Waals surface area contributed by atoms with E-state index in [1.165, 1.54) is 0 Å². The summed E-state index contributed by atoms with van der Waals surface area (Å²) in [6.45, 7) is 0.575. The molecule has 1 fully saturated rings. The third-order valence-corrected chi connectivity index (χ3v) is 1.08. The molecule has 7 heavy (non-hydrogen) atoms. The van der Waals surface area contributed by atoms with Crippen LogP contribution in [0.25, 0.3) is 0 Å². The highest BCUT2D eigenvalue weighted by atomic mass is 16.2. The minimum Gasteiger partial charge on any atom is -0.352 e. The molecule has 1 amide bonds. The fourth-order valence-electron chi connectivity index (χ4n) is 0.573. The topological polar surface area (TPSA) is 55.1 Å². The van der Waals surface area contributed by atoms with E-state index in [4.69, 9.17) is 5.73 Å². The number of β-lactam (4-membered cyclic amide) rings is 1. The van der Waals surface area contributed by atoms with Gasteiger partial charge < -0.3 is 11.1 Å². The zero-order chi connectivity index (χ0) is 5.28. The zero-order valence-corrected chi connectivity index (χ0v) is 3.98. The van der Waals surface area contributed by atoms with Crippen molar-refractivity contribution in [1.82, 2.24) is 5.32 Å². The Morgan fingerprint density at radius 2 is 2.57 bits per heavy atom. The lowest BCUT2D eigenvalue weighted by Crippen LogP contribution is -2.52. The Bertz CT molecular complexity index is 83.7. The summed E-state index contributed by atoms with van der Waals surface area (Å²) in [4.78, 5) is 10.1. The maximum atomic E-state index is 10.1. The van der Waals surface area contributed by atoms with Crippen LogP contribution < -0.4 is 11.1 Å². The number of hydrogen-bond donors (Lipinski definition) is 2. The molecule has 1 heterocycles. The smallest absolute Gasteiger partial charge is 0.222 e. The lowest BCUT2D eigenvalue weighted by atomic mass is 10.1. The summed E-state index contributed by atoms with van der Waals surface area (Å²) in [5.74, 6) is 0.121. The van der Waals surface area contributed by atoms with Crippen LogP contribution in [0.3, 0.4) is 0 Å². The van der Waals surface area contributed by atoms with Crippen molar-refractivity contribution < 1.29 is 4.79 Å². The second-order valence-corrected chi connectivity index (χ2v) is 1.70. The van der Waals surface area contributed by atoms with Crippen LogP contribution in [0.15, 0.2) is 0 Å². The molecule has 0 saturated carbocycles. The molecular formula is C4H8N2O. The maximum Gasteiger partial charge on any atom is 0.222 e. The SMILES string of the molecule is NC[C@H]1CC(=O)N1. The number of amides is 1. The van der Waals surface area contributed by atoms with Crippen molar-refractivity contribution in [3.8, 4) is 0 Å². The molecule has 0 unspecified atom stereocenters.